The van der Waals surface area contributed by atoms with Gasteiger partial charge in [0, 0.05) is 56.0 Å². The van der Waals surface area contributed by atoms with Crippen LogP contribution >= 0.6 is 0 Å². The summed E-state index contributed by atoms with van der Waals surface area (Å²) in [5.74, 6) is 0.168. The lowest BCUT2D eigenvalue weighted by Gasteiger charge is -2.58. The van der Waals surface area contributed by atoms with Gasteiger partial charge in [-0.05, 0) is 130 Å². The molecule has 0 N–H and O–H groups in total. The minimum Gasteiger partial charge on any atom is -0.308 e. The average molecular weight is 836 g/mol. The maximum Gasteiger partial charge on any atom is 0.0995 e. The van der Waals surface area contributed by atoms with Crippen molar-refractivity contribution in [2.75, 3.05) is 0 Å². The summed E-state index contributed by atoms with van der Waals surface area (Å²) < 4.78 is 2.52. The van der Waals surface area contributed by atoms with Crippen LogP contribution in [0, 0.1) is 29.6 Å². The molecule has 7 aliphatic carbocycles. The first kappa shape index (κ1) is 34.4. The van der Waals surface area contributed by atoms with E-state index in [4.69, 9.17) is 0 Å². The van der Waals surface area contributed by atoms with Crippen molar-refractivity contribution in [2.45, 2.75) is 55.3 Å². The second-order valence-corrected chi connectivity index (χ2v) is 20.7. The predicted molar refractivity (Wildman–Crippen MR) is 262 cm³/mol. The van der Waals surface area contributed by atoms with Gasteiger partial charge in [0.1, 0.15) is 0 Å². The van der Waals surface area contributed by atoms with Crippen LogP contribution in [0.5, 0.6) is 0 Å². The van der Waals surface area contributed by atoms with Crippen LogP contribution in [0.1, 0.15) is 132 Å². The van der Waals surface area contributed by atoms with Gasteiger partial charge < -0.3 is 4.40 Å². The lowest BCUT2D eigenvalue weighted by Crippen LogP contribution is -2.52. The van der Waals surface area contributed by atoms with Gasteiger partial charge in [-0.3, -0.25) is 0 Å². The fourth-order valence-corrected chi connectivity index (χ4v) is 16.1. The molecule has 0 amide bonds. The molecule has 304 valence electrons. The number of nitrogens with zero attached hydrogens (tertiary/aromatic N) is 3. The lowest BCUT2D eigenvalue weighted by atomic mass is 9.43. The van der Waals surface area contributed by atoms with E-state index in [-0.39, 0.29) is 34.5 Å². The highest BCUT2D eigenvalue weighted by Crippen LogP contribution is 2.79. The summed E-state index contributed by atoms with van der Waals surface area (Å²) in [5.41, 5.74) is 26.9. The van der Waals surface area contributed by atoms with Crippen molar-refractivity contribution < 1.29 is 0 Å². The standard InChI is InChI=1S/C63H37N3/c1-30-24-45-50(34-15-5-4-14-33(30)34)41-27-42-53-46(25-31(28-64)48-51-35-16-6-8-18-37(35)52(55(48)53)38-19-9-7-17-36(38)51)66-47-26-32(29-65)49-56(54(47)57(61(42)66)58(41)62(45,2)3)60-40-21-11-13-23-44(40)63(60)43-22-12-10-20-39(43)59(49)63/h4-27,51-52,59-60H,1-3H3. The third-order valence-corrected chi connectivity index (χ3v) is 18.1. The monoisotopic (exact) mass is 835 g/mol. The van der Waals surface area contributed by atoms with Gasteiger partial charge in [0.2, 0.25) is 0 Å². The second-order valence-electron chi connectivity index (χ2n) is 20.7. The Hall–Kier alpha value is -7.98. The molecule has 66 heavy (non-hydrogen) atoms. The molecule has 7 aliphatic rings. The SMILES string of the molecule is Cc1cc2c(c3ccccc13)-c1cc3c4c5c(c(C#N)cc4n4c6cc(C#N)c7c(c6c(c1C2(C)C)c34)C1c2ccccc2C12c1ccccc1C72)C1c2ccccc2C5c2ccccc21. The third-order valence-electron chi connectivity index (χ3n) is 18.1. The Morgan fingerprint density at radius 3 is 1.62 bits per heavy atom. The number of nitriles is 2. The van der Waals surface area contributed by atoms with E-state index in [1.165, 1.54) is 127 Å². The van der Waals surface area contributed by atoms with Crippen LogP contribution in [-0.4, -0.2) is 4.40 Å². The molecule has 2 heterocycles. The number of benzene rings is 9. The zero-order valence-electron chi connectivity index (χ0n) is 36.5. The van der Waals surface area contributed by atoms with E-state index >= 15 is 0 Å². The maximum absolute atomic E-state index is 11.5. The first-order chi connectivity index (χ1) is 32.4. The quantitative estimate of drug-likeness (QED) is 0.153. The molecule has 3 unspecified atom stereocenters. The summed E-state index contributed by atoms with van der Waals surface area (Å²) in [6.07, 6.45) is 0. The van der Waals surface area contributed by atoms with E-state index in [1.807, 2.05) is 0 Å². The minimum atomic E-state index is -0.337. The first-order valence-electron chi connectivity index (χ1n) is 23.5. The Morgan fingerprint density at radius 1 is 0.485 bits per heavy atom. The van der Waals surface area contributed by atoms with E-state index in [0.29, 0.717) is 0 Å². The average Bonchev–Trinajstić information content (AvgIpc) is 3.99. The molecule has 2 aromatic heterocycles. The largest absolute Gasteiger partial charge is 0.308 e. The van der Waals surface area contributed by atoms with Crippen molar-refractivity contribution in [3.63, 3.8) is 0 Å². The van der Waals surface area contributed by atoms with Crippen molar-refractivity contribution in [2.24, 2.45) is 0 Å². The first-order valence-corrected chi connectivity index (χ1v) is 23.5. The molecular weight excluding hydrogens is 799 g/mol. The number of hydrogen-bond donors (Lipinski definition) is 0. The molecule has 0 saturated carbocycles. The van der Waals surface area contributed by atoms with Gasteiger partial charge in [-0.2, -0.15) is 10.5 Å². The predicted octanol–water partition coefficient (Wildman–Crippen LogP) is 14.2. The molecule has 11 aromatic rings. The van der Waals surface area contributed by atoms with Crippen molar-refractivity contribution >= 4 is 48.9 Å². The van der Waals surface area contributed by atoms with Gasteiger partial charge in [-0.25, -0.2) is 0 Å². The van der Waals surface area contributed by atoms with Gasteiger partial charge in [0.25, 0.3) is 0 Å². The summed E-state index contributed by atoms with van der Waals surface area (Å²) >= 11 is 0. The van der Waals surface area contributed by atoms with Crippen molar-refractivity contribution in [1.29, 1.82) is 10.5 Å². The number of aryl methyl sites for hydroxylation is 1. The molecule has 0 radical (unpaired) electrons. The summed E-state index contributed by atoms with van der Waals surface area (Å²) in [7, 11) is 0. The van der Waals surface area contributed by atoms with Crippen LogP contribution in [0.4, 0.5) is 0 Å². The summed E-state index contributed by atoms with van der Waals surface area (Å²) in [5, 5.41) is 30.5. The molecule has 1 spiro atoms. The normalized spacial score (nSPS) is 22.0. The minimum absolute atomic E-state index is 0.0230. The summed E-state index contributed by atoms with van der Waals surface area (Å²) in [6, 6.07) is 60.2. The van der Waals surface area contributed by atoms with E-state index in [2.05, 4.69) is 183 Å². The molecule has 0 aliphatic heterocycles. The van der Waals surface area contributed by atoms with Gasteiger partial charge >= 0.3 is 0 Å². The molecule has 2 bridgehead atoms. The highest BCUT2D eigenvalue weighted by Gasteiger charge is 2.70. The Labute approximate surface area is 380 Å². The molecule has 18 rings (SSSR count). The fraction of sp³-hybridized carbons (Fsp3) is 0.143. The van der Waals surface area contributed by atoms with Crippen LogP contribution in [0.25, 0.3) is 60.0 Å². The van der Waals surface area contributed by atoms with Crippen molar-refractivity contribution in [3.05, 3.63) is 240 Å². The van der Waals surface area contributed by atoms with Gasteiger partial charge in [0.05, 0.1) is 39.8 Å². The highest BCUT2D eigenvalue weighted by molar-refractivity contribution is 6.30. The Morgan fingerprint density at radius 2 is 1.00 bits per heavy atom. The lowest BCUT2D eigenvalue weighted by molar-refractivity contribution is 0.333. The van der Waals surface area contributed by atoms with E-state index in [1.54, 1.807) is 0 Å². The topological polar surface area (TPSA) is 52.0 Å². The molecule has 0 saturated heterocycles. The number of hydrogen-bond acceptors (Lipinski definition) is 2. The Balaban J connectivity index is 1.13. The third kappa shape index (κ3) is 3.29. The van der Waals surface area contributed by atoms with Crippen LogP contribution in [0.3, 0.4) is 0 Å². The maximum atomic E-state index is 11.5. The zero-order chi connectivity index (χ0) is 43.4. The summed E-state index contributed by atoms with van der Waals surface area (Å²) in [6.45, 7) is 7.17. The fourth-order valence-electron chi connectivity index (χ4n) is 16.1. The smallest absolute Gasteiger partial charge is 0.0995 e. The van der Waals surface area contributed by atoms with Crippen LogP contribution in [0.15, 0.2) is 146 Å². The molecule has 3 atom stereocenters. The van der Waals surface area contributed by atoms with E-state index in [9.17, 15) is 10.5 Å². The van der Waals surface area contributed by atoms with Crippen molar-refractivity contribution in [3.8, 4) is 23.3 Å². The van der Waals surface area contributed by atoms with Crippen LogP contribution < -0.4 is 0 Å². The number of fused-ring (bicyclic) bond motifs is 20. The molecule has 3 heteroatoms. The highest BCUT2D eigenvalue weighted by atomic mass is 14.9. The molecule has 0 fully saturated rings. The second kappa shape index (κ2) is 10.7. The van der Waals surface area contributed by atoms with Gasteiger partial charge in [0.15, 0.2) is 0 Å². The van der Waals surface area contributed by atoms with E-state index in [0.717, 1.165) is 27.7 Å². The molecule has 3 nitrogen and oxygen atoms in total. The van der Waals surface area contributed by atoms with E-state index < -0.39 is 0 Å². The summed E-state index contributed by atoms with van der Waals surface area (Å²) in [4.78, 5) is 0. The molecular formula is C63H37N3. The Kier molecular flexibility index (Phi) is 5.61. The zero-order valence-corrected chi connectivity index (χ0v) is 36.5. The Bertz CT molecular complexity index is 4290. The number of rotatable bonds is 0. The van der Waals surface area contributed by atoms with Crippen molar-refractivity contribution in [1.82, 2.24) is 4.40 Å². The van der Waals surface area contributed by atoms with Gasteiger partial charge in [-0.15, -0.1) is 0 Å². The van der Waals surface area contributed by atoms with Gasteiger partial charge in [-0.1, -0.05) is 141 Å². The van der Waals surface area contributed by atoms with Crippen LogP contribution in [0.2, 0.25) is 0 Å². The number of aromatic nitrogens is 1. The molecule has 9 aromatic carbocycles. The van der Waals surface area contributed by atoms with Crippen LogP contribution in [-0.2, 0) is 10.8 Å².